The molecule has 3 aliphatic heterocycles. The summed E-state index contributed by atoms with van der Waals surface area (Å²) in [4.78, 5) is 34.2. The third-order valence-electron chi connectivity index (χ3n) is 6.66. The molecular formula is C22H21F4N7O3. The van der Waals surface area contributed by atoms with E-state index in [0.29, 0.717) is 0 Å². The number of carbonyl (C=O) groups is 2. The molecule has 2 fully saturated rings. The minimum atomic E-state index is -4.72. The van der Waals surface area contributed by atoms with E-state index >= 15 is 0 Å². The maximum Gasteiger partial charge on any atom is 0.431 e. The third-order valence-corrected chi connectivity index (χ3v) is 6.66. The quantitative estimate of drug-likeness (QED) is 0.492. The number of nitrogens with zero attached hydrogens (tertiary/aromatic N) is 6. The minimum Gasteiger partial charge on any atom is -0.465 e. The van der Waals surface area contributed by atoms with Crippen molar-refractivity contribution < 1.29 is 31.9 Å². The van der Waals surface area contributed by atoms with Gasteiger partial charge in [-0.3, -0.25) is 9.69 Å². The van der Waals surface area contributed by atoms with E-state index in [-0.39, 0.29) is 49.3 Å². The van der Waals surface area contributed by atoms with Gasteiger partial charge in [0.1, 0.15) is 22.8 Å². The van der Waals surface area contributed by atoms with E-state index in [1.54, 1.807) is 0 Å². The van der Waals surface area contributed by atoms with Crippen LogP contribution in [0.4, 0.5) is 17.6 Å². The average molecular weight is 507 g/mol. The van der Waals surface area contributed by atoms with Crippen molar-refractivity contribution in [1.82, 2.24) is 30.1 Å². The van der Waals surface area contributed by atoms with E-state index in [2.05, 4.69) is 20.5 Å². The SMILES string of the molecule is COC(=O)C1(N2CC3CN(C(=O)c4c(F)cccc4-n4nccn4)CC3C2)N=CC=C(C(F)(F)F)N1. The topological polar surface area (TPSA) is 105 Å². The predicted octanol–water partition coefficient (Wildman–Crippen LogP) is 1.36. The normalized spacial score (nSPS) is 25.9. The van der Waals surface area contributed by atoms with Gasteiger partial charge in [-0.05, 0) is 30.0 Å². The lowest BCUT2D eigenvalue weighted by molar-refractivity contribution is -0.159. The minimum absolute atomic E-state index is 0.171. The number of fused-ring (bicyclic) bond motifs is 1. The van der Waals surface area contributed by atoms with E-state index in [1.165, 1.54) is 40.4 Å². The predicted molar refractivity (Wildman–Crippen MR) is 116 cm³/mol. The molecule has 0 aliphatic carbocycles. The molecule has 0 radical (unpaired) electrons. The number of nitrogens with one attached hydrogen (secondary N) is 1. The number of ether oxygens (including phenoxy) is 1. The maximum absolute atomic E-state index is 14.8. The summed E-state index contributed by atoms with van der Waals surface area (Å²) in [5.74, 6) is -4.66. The van der Waals surface area contributed by atoms with E-state index in [0.717, 1.165) is 24.2 Å². The summed E-state index contributed by atoms with van der Waals surface area (Å²) < 4.78 is 59.7. The Labute approximate surface area is 202 Å². The lowest BCUT2D eigenvalue weighted by Crippen LogP contribution is -2.64. The van der Waals surface area contributed by atoms with Gasteiger partial charge in [-0.15, -0.1) is 0 Å². The second-order valence-corrected chi connectivity index (χ2v) is 8.73. The first-order chi connectivity index (χ1) is 17.1. The number of allylic oxidation sites excluding steroid dienone is 2. The fraction of sp³-hybridized carbons (Fsp3) is 0.409. The van der Waals surface area contributed by atoms with E-state index in [9.17, 15) is 27.2 Å². The molecule has 5 rings (SSSR count). The molecule has 0 bridgehead atoms. The second-order valence-electron chi connectivity index (χ2n) is 8.73. The summed E-state index contributed by atoms with van der Waals surface area (Å²) in [5, 5.41) is 10.2. The Hall–Kier alpha value is -3.81. The molecule has 3 atom stereocenters. The van der Waals surface area contributed by atoms with Gasteiger partial charge >= 0.3 is 12.1 Å². The number of amides is 1. The summed E-state index contributed by atoms with van der Waals surface area (Å²) in [6.45, 7) is 0.792. The Kier molecular flexibility index (Phi) is 5.77. The van der Waals surface area contributed by atoms with Crippen LogP contribution in [0.1, 0.15) is 10.4 Å². The first kappa shape index (κ1) is 23.9. The zero-order valence-corrected chi connectivity index (χ0v) is 18.9. The number of carbonyl (C=O) groups excluding carboxylic acids is 2. The zero-order valence-electron chi connectivity index (χ0n) is 18.9. The van der Waals surface area contributed by atoms with Crippen LogP contribution in [-0.2, 0) is 9.53 Å². The van der Waals surface area contributed by atoms with Crippen LogP contribution in [0.5, 0.6) is 0 Å². The maximum atomic E-state index is 14.8. The highest BCUT2D eigenvalue weighted by molar-refractivity contribution is 5.98. The van der Waals surface area contributed by atoms with Gasteiger partial charge < -0.3 is 15.0 Å². The second kappa shape index (κ2) is 8.69. The van der Waals surface area contributed by atoms with Crippen molar-refractivity contribution in [2.24, 2.45) is 16.8 Å². The number of rotatable bonds is 4. The molecule has 1 N–H and O–H groups in total. The van der Waals surface area contributed by atoms with Crippen LogP contribution in [0.15, 0.2) is 47.4 Å². The molecule has 1 amide bonds. The molecular weight excluding hydrogens is 486 g/mol. The molecule has 3 aliphatic rings. The van der Waals surface area contributed by atoms with Gasteiger partial charge in [-0.2, -0.15) is 28.2 Å². The number of likely N-dealkylation sites (tertiary alicyclic amines) is 2. The van der Waals surface area contributed by atoms with Crippen molar-refractivity contribution in [2.45, 2.75) is 12.0 Å². The molecule has 4 heterocycles. The third kappa shape index (κ3) is 3.90. The van der Waals surface area contributed by atoms with E-state index in [1.807, 2.05) is 0 Å². The number of benzene rings is 1. The summed E-state index contributed by atoms with van der Waals surface area (Å²) in [7, 11) is 1.07. The number of methoxy groups -OCH3 is 1. The number of hydrogen-bond donors (Lipinski definition) is 1. The van der Waals surface area contributed by atoms with Gasteiger partial charge in [0.25, 0.3) is 11.7 Å². The van der Waals surface area contributed by atoms with Crippen molar-refractivity contribution in [3.05, 3.63) is 53.7 Å². The molecule has 0 saturated carbocycles. The van der Waals surface area contributed by atoms with Crippen molar-refractivity contribution in [2.75, 3.05) is 33.3 Å². The molecule has 36 heavy (non-hydrogen) atoms. The van der Waals surface area contributed by atoms with Crippen LogP contribution in [0.25, 0.3) is 5.69 Å². The Bertz CT molecular complexity index is 1230. The van der Waals surface area contributed by atoms with Crippen molar-refractivity contribution in [3.8, 4) is 5.69 Å². The number of aliphatic imine (C=N–C) groups is 1. The van der Waals surface area contributed by atoms with Gasteiger partial charge in [0.15, 0.2) is 0 Å². The van der Waals surface area contributed by atoms with Gasteiger partial charge in [-0.25, -0.2) is 14.2 Å². The monoisotopic (exact) mass is 507 g/mol. The van der Waals surface area contributed by atoms with Crippen LogP contribution in [0.3, 0.4) is 0 Å². The molecule has 1 aromatic heterocycles. The molecule has 10 nitrogen and oxygen atoms in total. The van der Waals surface area contributed by atoms with Crippen molar-refractivity contribution >= 4 is 18.1 Å². The number of esters is 1. The molecule has 1 aromatic carbocycles. The fourth-order valence-corrected chi connectivity index (χ4v) is 5.00. The number of halogens is 4. The smallest absolute Gasteiger partial charge is 0.431 e. The van der Waals surface area contributed by atoms with Gasteiger partial charge in [0.2, 0.25) is 0 Å². The Morgan fingerprint density at radius 1 is 1.11 bits per heavy atom. The van der Waals surface area contributed by atoms with Crippen LogP contribution >= 0.6 is 0 Å². The summed E-state index contributed by atoms with van der Waals surface area (Å²) in [6, 6.07) is 4.17. The van der Waals surface area contributed by atoms with Crippen LogP contribution in [0, 0.1) is 17.7 Å². The highest BCUT2D eigenvalue weighted by Gasteiger charge is 2.56. The summed E-state index contributed by atoms with van der Waals surface area (Å²) in [6.07, 6.45) is -0.216. The highest BCUT2D eigenvalue weighted by Crippen LogP contribution is 2.38. The lowest BCUT2D eigenvalue weighted by atomic mass is 10.0. The van der Waals surface area contributed by atoms with Gasteiger partial charge in [0.05, 0.1) is 19.5 Å². The number of hydrogen-bond acceptors (Lipinski definition) is 8. The molecule has 2 saturated heterocycles. The highest BCUT2D eigenvalue weighted by atomic mass is 19.4. The molecule has 14 heteroatoms. The van der Waals surface area contributed by atoms with Gasteiger partial charge in [-0.1, -0.05) is 6.07 Å². The van der Waals surface area contributed by atoms with Crippen LogP contribution in [-0.4, -0.2) is 88.1 Å². The Balaban J connectivity index is 1.35. The van der Waals surface area contributed by atoms with Crippen molar-refractivity contribution in [1.29, 1.82) is 0 Å². The van der Waals surface area contributed by atoms with Crippen LogP contribution < -0.4 is 5.32 Å². The average Bonchev–Trinajstić information content (AvgIpc) is 3.59. The lowest BCUT2D eigenvalue weighted by Gasteiger charge is -2.39. The Morgan fingerprint density at radius 3 is 2.39 bits per heavy atom. The molecule has 3 unspecified atom stereocenters. The summed E-state index contributed by atoms with van der Waals surface area (Å²) in [5.41, 5.74) is -1.09. The largest absolute Gasteiger partial charge is 0.465 e. The standard InChI is InChI=1S/C22H21F4N7O3/c1-36-20(35)22(27-6-5-17(30-22)21(24,25)26)32-11-13-9-31(10-14(13)12-32)19(34)18-15(23)3-2-4-16(18)33-28-7-8-29-33/h2-8,13-14,30H,9-12H2,1H3. The molecule has 0 spiro atoms. The first-order valence-corrected chi connectivity index (χ1v) is 11.0. The Morgan fingerprint density at radius 2 is 1.78 bits per heavy atom. The zero-order chi connectivity index (χ0) is 25.7. The van der Waals surface area contributed by atoms with E-state index < -0.39 is 35.4 Å². The van der Waals surface area contributed by atoms with Crippen molar-refractivity contribution in [3.63, 3.8) is 0 Å². The fourth-order valence-electron chi connectivity index (χ4n) is 5.00. The van der Waals surface area contributed by atoms with E-state index in [4.69, 9.17) is 4.74 Å². The van der Waals surface area contributed by atoms with Crippen LogP contribution in [0.2, 0.25) is 0 Å². The summed E-state index contributed by atoms with van der Waals surface area (Å²) >= 11 is 0. The number of alkyl halides is 3. The molecule has 2 aromatic rings. The van der Waals surface area contributed by atoms with Gasteiger partial charge in [0, 0.05) is 32.4 Å². The number of aromatic nitrogens is 3. The molecule has 190 valence electrons. The first-order valence-electron chi connectivity index (χ1n) is 11.0.